The first-order valence-corrected chi connectivity index (χ1v) is 6.67. The van der Waals surface area contributed by atoms with Crippen LogP contribution in [-0.4, -0.2) is 6.61 Å². The number of halogens is 1. The molecule has 3 N–H and O–H groups in total. The Bertz CT molecular complexity index is 642. The van der Waals surface area contributed by atoms with Crippen molar-refractivity contribution in [1.29, 1.82) is 0 Å². The summed E-state index contributed by atoms with van der Waals surface area (Å²) in [6.45, 7) is 2.63. The second-order valence-electron chi connectivity index (χ2n) is 5.03. The minimum atomic E-state index is -0.279. The Kier molecular flexibility index (Phi) is 3.42. The molecule has 0 saturated heterocycles. The number of aryl methyl sites for hydroxylation is 1. The Hall–Kier alpha value is -1.91. The summed E-state index contributed by atoms with van der Waals surface area (Å²) in [5.74, 6) is 6.33. The summed E-state index contributed by atoms with van der Waals surface area (Å²) in [4.78, 5) is 0. The van der Waals surface area contributed by atoms with Crippen molar-refractivity contribution in [2.24, 2.45) is 5.84 Å². The molecule has 0 saturated carbocycles. The third-order valence-corrected chi connectivity index (χ3v) is 3.77. The van der Waals surface area contributed by atoms with Gasteiger partial charge in [-0.25, -0.2) is 9.82 Å². The van der Waals surface area contributed by atoms with Crippen LogP contribution < -0.4 is 16.0 Å². The lowest BCUT2D eigenvalue weighted by atomic mass is 9.93. The first-order chi connectivity index (χ1) is 9.70. The molecule has 0 fully saturated rings. The second-order valence-corrected chi connectivity index (χ2v) is 5.03. The van der Waals surface area contributed by atoms with Gasteiger partial charge >= 0.3 is 0 Å². The summed E-state index contributed by atoms with van der Waals surface area (Å²) in [7, 11) is 0. The SMILES string of the molecule is Cc1ccc(F)cc1C(NN)c1cccc2c1OCC2. The minimum Gasteiger partial charge on any atom is -0.493 e. The summed E-state index contributed by atoms with van der Waals surface area (Å²) in [5, 5.41) is 0. The number of nitrogens with two attached hydrogens (primary N) is 1. The number of para-hydroxylation sites is 1. The van der Waals surface area contributed by atoms with Crippen molar-refractivity contribution in [3.63, 3.8) is 0 Å². The number of hydrogen-bond acceptors (Lipinski definition) is 3. The molecular formula is C16H17FN2O. The zero-order valence-corrected chi connectivity index (χ0v) is 11.3. The van der Waals surface area contributed by atoms with Gasteiger partial charge in [0.25, 0.3) is 0 Å². The van der Waals surface area contributed by atoms with Gasteiger partial charge in [-0.2, -0.15) is 0 Å². The molecule has 1 aliphatic heterocycles. The predicted molar refractivity (Wildman–Crippen MR) is 75.9 cm³/mol. The summed E-state index contributed by atoms with van der Waals surface area (Å²) in [6.07, 6.45) is 0.905. The summed E-state index contributed by atoms with van der Waals surface area (Å²) >= 11 is 0. The highest BCUT2D eigenvalue weighted by Gasteiger charge is 2.23. The van der Waals surface area contributed by atoms with E-state index in [1.165, 1.54) is 17.7 Å². The molecule has 3 nitrogen and oxygen atoms in total. The van der Waals surface area contributed by atoms with E-state index < -0.39 is 0 Å². The van der Waals surface area contributed by atoms with E-state index in [-0.39, 0.29) is 11.9 Å². The van der Waals surface area contributed by atoms with Gasteiger partial charge in [0.05, 0.1) is 12.6 Å². The van der Waals surface area contributed by atoms with Gasteiger partial charge < -0.3 is 4.74 Å². The largest absolute Gasteiger partial charge is 0.493 e. The average Bonchev–Trinajstić information content (AvgIpc) is 2.92. The highest BCUT2D eigenvalue weighted by molar-refractivity contribution is 5.49. The zero-order valence-electron chi connectivity index (χ0n) is 11.3. The molecule has 104 valence electrons. The van der Waals surface area contributed by atoms with Gasteiger partial charge in [-0.05, 0) is 35.7 Å². The highest BCUT2D eigenvalue weighted by atomic mass is 19.1. The Morgan fingerprint density at radius 3 is 2.90 bits per heavy atom. The average molecular weight is 272 g/mol. The standard InChI is InChI=1S/C16H17FN2O/c1-10-5-6-12(17)9-14(10)15(19-18)13-4-2-3-11-7-8-20-16(11)13/h2-6,9,15,19H,7-8,18H2,1H3. The van der Waals surface area contributed by atoms with Crippen LogP contribution in [0.15, 0.2) is 36.4 Å². The Morgan fingerprint density at radius 2 is 2.10 bits per heavy atom. The molecule has 1 atom stereocenters. The van der Waals surface area contributed by atoms with Crippen molar-refractivity contribution in [2.75, 3.05) is 6.61 Å². The van der Waals surface area contributed by atoms with E-state index in [4.69, 9.17) is 10.6 Å². The number of nitrogens with one attached hydrogen (secondary N) is 1. The van der Waals surface area contributed by atoms with E-state index >= 15 is 0 Å². The third-order valence-electron chi connectivity index (χ3n) is 3.77. The molecule has 0 spiro atoms. The molecular weight excluding hydrogens is 255 g/mol. The van der Waals surface area contributed by atoms with E-state index in [0.29, 0.717) is 6.61 Å². The zero-order chi connectivity index (χ0) is 14.1. The fourth-order valence-electron chi connectivity index (χ4n) is 2.74. The van der Waals surface area contributed by atoms with Crippen molar-refractivity contribution in [2.45, 2.75) is 19.4 Å². The quantitative estimate of drug-likeness (QED) is 0.667. The molecule has 0 radical (unpaired) electrons. The van der Waals surface area contributed by atoms with E-state index in [9.17, 15) is 4.39 Å². The first kappa shape index (κ1) is 13.1. The highest BCUT2D eigenvalue weighted by Crippen LogP contribution is 2.36. The molecule has 4 heteroatoms. The van der Waals surface area contributed by atoms with Crippen LogP contribution in [0.5, 0.6) is 5.75 Å². The van der Waals surface area contributed by atoms with Gasteiger partial charge in [-0.15, -0.1) is 0 Å². The Morgan fingerprint density at radius 1 is 1.25 bits per heavy atom. The second kappa shape index (κ2) is 5.23. The van der Waals surface area contributed by atoms with Crippen molar-refractivity contribution in [3.05, 3.63) is 64.5 Å². The maximum absolute atomic E-state index is 13.5. The topological polar surface area (TPSA) is 47.3 Å². The van der Waals surface area contributed by atoms with E-state index in [1.54, 1.807) is 6.07 Å². The Labute approximate surface area is 117 Å². The molecule has 1 aliphatic rings. The van der Waals surface area contributed by atoms with Crippen LogP contribution in [0.4, 0.5) is 4.39 Å². The molecule has 2 aromatic carbocycles. The molecule has 2 aromatic rings. The normalized spacial score (nSPS) is 14.8. The molecule has 1 unspecified atom stereocenters. The molecule has 3 rings (SSSR count). The number of fused-ring (bicyclic) bond motifs is 1. The summed E-state index contributed by atoms with van der Waals surface area (Å²) in [5.41, 5.74) is 6.74. The lowest BCUT2D eigenvalue weighted by Gasteiger charge is -2.21. The van der Waals surface area contributed by atoms with Crippen LogP contribution in [0.2, 0.25) is 0 Å². The van der Waals surface area contributed by atoms with Gasteiger partial charge in [0.2, 0.25) is 0 Å². The summed E-state index contributed by atoms with van der Waals surface area (Å²) < 4.78 is 19.2. The van der Waals surface area contributed by atoms with Crippen LogP contribution in [0, 0.1) is 12.7 Å². The molecule has 1 heterocycles. The van der Waals surface area contributed by atoms with Crippen LogP contribution in [0.1, 0.15) is 28.3 Å². The monoisotopic (exact) mass is 272 g/mol. The minimum absolute atomic E-state index is 0.264. The maximum atomic E-state index is 13.5. The smallest absolute Gasteiger partial charge is 0.127 e. The van der Waals surface area contributed by atoms with Gasteiger partial charge in [-0.1, -0.05) is 24.3 Å². The molecule has 0 amide bonds. The van der Waals surface area contributed by atoms with Crippen LogP contribution in [-0.2, 0) is 6.42 Å². The van der Waals surface area contributed by atoms with Gasteiger partial charge in [0.1, 0.15) is 11.6 Å². The van der Waals surface area contributed by atoms with Gasteiger partial charge in [-0.3, -0.25) is 5.84 Å². The van der Waals surface area contributed by atoms with Crippen LogP contribution in [0.3, 0.4) is 0 Å². The molecule has 0 aromatic heterocycles. The lowest BCUT2D eigenvalue weighted by Crippen LogP contribution is -2.29. The van der Waals surface area contributed by atoms with Crippen LogP contribution >= 0.6 is 0 Å². The van der Waals surface area contributed by atoms with Crippen molar-refractivity contribution >= 4 is 0 Å². The third kappa shape index (κ3) is 2.17. The maximum Gasteiger partial charge on any atom is 0.127 e. The number of hydrogen-bond donors (Lipinski definition) is 2. The van der Waals surface area contributed by atoms with Gasteiger partial charge in [0.15, 0.2) is 0 Å². The number of ether oxygens (including phenoxy) is 1. The molecule has 0 aliphatic carbocycles. The van der Waals surface area contributed by atoms with Crippen molar-refractivity contribution in [1.82, 2.24) is 5.43 Å². The van der Waals surface area contributed by atoms with E-state index in [0.717, 1.165) is 28.9 Å². The molecule has 20 heavy (non-hydrogen) atoms. The summed E-state index contributed by atoms with van der Waals surface area (Å²) in [6, 6.07) is 10.5. The van der Waals surface area contributed by atoms with E-state index in [2.05, 4.69) is 11.5 Å². The lowest BCUT2D eigenvalue weighted by molar-refractivity contribution is 0.350. The fraction of sp³-hybridized carbons (Fsp3) is 0.250. The van der Waals surface area contributed by atoms with Gasteiger partial charge in [0, 0.05) is 12.0 Å². The number of benzene rings is 2. The Balaban J connectivity index is 2.11. The van der Waals surface area contributed by atoms with Crippen LogP contribution in [0.25, 0.3) is 0 Å². The fourth-order valence-corrected chi connectivity index (χ4v) is 2.74. The first-order valence-electron chi connectivity index (χ1n) is 6.67. The number of rotatable bonds is 3. The predicted octanol–water partition coefficient (Wildman–Crippen LogP) is 2.62. The molecule has 0 bridgehead atoms. The number of hydrazine groups is 1. The van der Waals surface area contributed by atoms with Crippen molar-refractivity contribution in [3.8, 4) is 5.75 Å². The van der Waals surface area contributed by atoms with Crippen molar-refractivity contribution < 1.29 is 9.13 Å². The van der Waals surface area contributed by atoms with E-state index in [1.807, 2.05) is 19.1 Å².